The summed E-state index contributed by atoms with van der Waals surface area (Å²) in [5.41, 5.74) is 11.5. The smallest absolute Gasteiger partial charge is 0.0325 e. The van der Waals surface area contributed by atoms with Crippen LogP contribution in [0.1, 0.15) is 11.1 Å². The lowest BCUT2D eigenvalue weighted by Gasteiger charge is -2.15. The highest BCUT2D eigenvalue weighted by molar-refractivity contribution is 5.67. The van der Waals surface area contributed by atoms with Gasteiger partial charge in [-0.3, -0.25) is 0 Å². The first-order chi connectivity index (χ1) is 7.33. The second kappa shape index (κ2) is 3.03. The maximum absolute atomic E-state index is 5.75. The van der Waals surface area contributed by atoms with Crippen molar-refractivity contribution >= 4 is 5.69 Å². The monoisotopic (exact) mass is 193 g/mol. The summed E-state index contributed by atoms with van der Waals surface area (Å²) in [6, 6.07) is 16.5. The molecule has 0 saturated heterocycles. The number of nitrogen functional groups attached to an aromatic ring is 1. The van der Waals surface area contributed by atoms with E-state index in [4.69, 9.17) is 5.73 Å². The zero-order valence-electron chi connectivity index (χ0n) is 8.38. The van der Waals surface area contributed by atoms with E-state index in [1.165, 1.54) is 17.5 Å². The fourth-order valence-corrected chi connectivity index (χ4v) is 1.91. The molecule has 0 fully saturated rings. The topological polar surface area (TPSA) is 26.0 Å². The maximum Gasteiger partial charge on any atom is 0.0325 e. The largest absolute Gasteiger partial charge is 0.399 e. The van der Waals surface area contributed by atoms with E-state index in [9.17, 15) is 0 Å². The van der Waals surface area contributed by atoms with Crippen molar-refractivity contribution in [1.29, 1.82) is 0 Å². The van der Waals surface area contributed by atoms with E-state index in [1.807, 2.05) is 18.2 Å². The molecule has 1 nitrogen and oxygen atoms in total. The fourth-order valence-electron chi connectivity index (χ4n) is 1.91. The molecule has 0 aromatic heterocycles. The highest BCUT2D eigenvalue weighted by Gasteiger charge is 2.12. The number of hydrogen-bond acceptors (Lipinski definition) is 1. The fraction of sp³-hybridized carbons (Fsp3) is 0.143. The minimum Gasteiger partial charge on any atom is -0.399 e. The molecule has 2 aromatic carbocycles. The lowest BCUT2D eigenvalue weighted by atomic mass is 9.88. The van der Waals surface area contributed by atoms with Gasteiger partial charge in [0, 0.05) is 16.8 Å². The van der Waals surface area contributed by atoms with Crippen LogP contribution in [-0.2, 0) is 12.8 Å². The van der Waals surface area contributed by atoms with Gasteiger partial charge < -0.3 is 5.73 Å². The number of fused-ring (bicyclic) bond motifs is 1. The van der Waals surface area contributed by atoms with Crippen molar-refractivity contribution < 1.29 is 0 Å². The molecule has 72 valence electrons. The summed E-state index contributed by atoms with van der Waals surface area (Å²) in [6.45, 7) is 0. The molecule has 3 rings (SSSR count). The number of aryl methyl sites for hydroxylation is 1. The summed E-state index contributed by atoms with van der Waals surface area (Å²) >= 11 is 0. The van der Waals surface area contributed by atoms with Crippen molar-refractivity contribution in [2.75, 3.05) is 5.73 Å². The van der Waals surface area contributed by atoms with Gasteiger partial charge in [-0.2, -0.15) is 0 Å². The van der Waals surface area contributed by atoms with Crippen molar-refractivity contribution in [3.63, 3.8) is 0 Å². The molecule has 0 bridgehead atoms. The molecule has 0 saturated carbocycles. The van der Waals surface area contributed by atoms with Crippen LogP contribution < -0.4 is 5.73 Å². The zero-order chi connectivity index (χ0) is 10.3. The van der Waals surface area contributed by atoms with Gasteiger partial charge in [-0.25, -0.2) is 0 Å². The lowest BCUT2D eigenvalue weighted by molar-refractivity contribution is 0.842. The number of hydrogen-bond donors (Lipinski definition) is 1. The van der Waals surface area contributed by atoms with Gasteiger partial charge >= 0.3 is 0 Å². The van der Waals surface area contributed by atoms with Gasteiger partial charge in [0.05, 0.1) is 0 Å². The Balaban J connectivity index is 2.09. The van der Waals surface area contributed by atoms with Gasteiger partial charge in [0.15, 0.2) is 0 Å². The molecule has 0 radical (unpaired) electrons. The van der Waals surface area contributed by atoms with Gasteiger partial charge in [0.25, 0.3) is 0 Å². The molecule has 0 aliphatic heterocycles. The summed E-state index contributed by atoms with van der Waals surface area (Å²) in [5.74, 6) is 0. The third-order valence-corrected chi connectivity index (χ3v) is 2.90. The minimum absolute atomic E-state index is 0.795. The van der Waals surface area contributed by atoms with Crippen molar-refractivity contribution in [3.8, 4) is 11.1 Å². The van der Waals surface area contributed by atoms with Crippen molar-refractivity contribution in [1.82, 2.24) is 0 Å². The van der Waals surface area contributed by atoms with Gasteiger partial charge in [-0.1, -0.05) is 24.3 Å². The molecular formula is C14H11N. The Kier molecular flexibility index (Phi) is 1.69. The Morgan fingerprint density at radius 2 is 2.00 bits per heavy atom. The summed E-state index contributed by atoms with van der Waals surface area (Å²) < 4.78 is 0. The summed E-state index contributed by atoms with van der Waals surface area (Å²) in [7, 11) is 0. The highest BCUT2D eigenvalue weighted by atomic mass is 14.5. The highest BCUT2D eigenvalue weighted by Crippen LogP contribution is 2.26. The second-order valence-electron chi connectivity index (χ2n) is 3.94. The van der Waals surface area contributed by atoms with Crippen LogP contribution in [0.25, 0.3) is 11.1 Å². The molecule has 1 heteroatoms. The average molecular weight is 193 g/mol. The molecule has 0 amide bonds. The zero-order valence-corrected chi connectivity index (χ0v) is 8.38. The van der Waals surface area contributed by atoms with Crippen LogP contribution in [0.2, 0.25) is 0 Å². The number of nitrogens with two attached hydrogens (primary N) is 1. The molecule has 1 aliphatic carbocycles. The molecule has 0 spiro atoms. The van der Waals surface area contributed by atoms with Gasteiger partial charge in [0.2, 0.25) is 0 Å². The third kappa shape index (κ3) is 1.35. The van der Waals surface area contributed by atoms with Crippen LogP contribution in [0.5, 0.6) is 0 Å². The van der Waals surface area contributed by atoms with E-state index < -0.39 is 0 Å². The second-order valence-corrected chi connectivity index (χ2v) is 3.94. The summed E-state index contributed by atoms with van der Waals surface area (Å²) in [6.07, 6.45) is 2.33. The molecule has 0 atom stereocenters. The molecule has 0 unspecified atom stereocenters. The Morgan fingerprint density at radius 1 is 1.07 bits per heavy atom. The lowest BCUT2D eigenvalue weighted by Crippen LogP contribution is -2.06. The van der Waals surface area contributed by atoms with Crippen molar-refractivity contribution in [3.05, 3.63) is 53.6 Å². The first kappa shape index (κ1) is 8.38. The van der Waals surface area contributed by atoms with E-state index in [2.05, 4.69) is 24.3 Å². The van der Waals surface area contributed by atoms with Gasteiger partial charge in [-0.15, -0.1) is 0 Å². The summed E-state index contributed by atoms with van der Waals surface area (Å²) in [5, 5.41) is 0. The van der Waals surface area contributed by atoms with Crippen molar-refractivity contribution in [2.45, 2.75) is 12.8 Å². The van der Waals surface area contributed by atoms with E-state index in [-0.39, 0.29) is 0 Å². The molecule has 2 aromatic rings. The average Bonchev–Trinajstić information content (AvgIpc) is 2.20. The van der Waals surface area contributed by atoms with Crippen LogP contribution in [0.4, 0.5) is 5.69 Å². The van der Waals surface area contributed by atoms with Crippen LogP contribution in [-0.4, -0.2) is 0 Å². The quantitative estimate of drug-likeness (QED) is 0.692. The minimum atomic E-state index is 0.795. The predicted octanol–water partition coefficient (Wildman–Crippen LogP) is 2.63. The van der Waals surface area contributed by atoms with Crippen LogP contribution >= 0.6 is 0 Å². The van der Waals surface area contributed by atoms with E-state index >= 15 is 0 Å². The van der Waals surface area contributed by atoms with Gasteiger partial charge in [-0.05, 0) is 42.2 Å². The van der Waals surface area contributed by atoms with Crippen molar-refractivity contribution in [2.24, 2.45) is 0 Å². The Morgan fingerprint density at radius 3 is 2.67 bits per heavy atom. The van der Waals surface area contributed by atoms with E-state index in [0.717, 1.165) is 23.2 Å². The first-order valence-electron chi connectivity index (χ1n) is 5.14. The predicted molar refractivity (Wildman–Crippen MR) is 61.4 cm³/mol. The normalized spacial score (nSPS) is 12.5. The SMILES string of the molecule is Nc1cccc(-c2c#cc3c(c2)CC3)c1. The van der Waals surface area contributed by atoms with E-state index in [0.29, 0.717) is 0 Å². The molecule has 0 heterocycles. The Labute approximate surface area is 89.6 Å². The number of anilines is 1. The van der Waals surface area contributed by atoms with Crippen LogP contribution in [0.3, 0.4) is 0 Å². The first-order valence-corrected chi connectivity index (χ1v) is 5.14. The molecular weight excluding hydrogens is 182 g/mol. The third-order valence-electron chi connectivity index (χ3n) is 2.90. The van der Waals surface area contributed by atoms with Crippen LogP contribution in [0.15, 0.2) is 30.3 Å². The molecule has 15 heavy (non-hydrogen) atoms. The summed E-state index contributed by atoms with van der Waals surface area (Å²) in [4.78, 5) is 0. The van der Waals surface area contributed by atoms with Gasteiger partial charge in [0.1, 0.15) is 0 Å². The standard InChI is InChI=1S/C14H11N/c15-14-3-1-2-11(9-14)13-7-5-10-4-6-12(10)8-13/h1-3,8-9H,4,6,15H2. The molecule has 2 N–H and O–H groups in total. The maximum atomic E-state index is 5.75. The number of rotatable bonds is 1. The molecule has 1 aliphatic rings. The van der Waals surface area contributed by atoms with E-state index in [1.54, 1.807) is 0 Å². The number of benzene rings is 1. The Hall–Kier alpha value is -1.94. The Bertz CT molecular complexity index is 514. The van der Waals surface area contributed by atoms with Crippen LogP contribution in [0, 0.1) is 12.1 Å².